The highest BCUT2D eigenvalue weighted by Crippen LogP contribution is 2.21. The Morgan fingerprint density at radius 3 is 2.47 bits per heavy atom. The first-order valence-corrected chi connectivity index (χ1v) is 11.6. The van der Waals surface area contributed by atoms with E-state index in [1.165, 1.54) is 35.5 Å². The lowest BCUT2D eigenvalue weighted by Crippen LogP contribution is -2.28. The number of benzene rings is 2. The van der Waals surface area contributed by atoms with Crippen LogP contribution in [0.5, 0.6) is 5.75 Å². The number of sulfonamides is 1. The number of nitrogens with zero attached hydrogens (tertiary/aromatic N) is 1. The molecule has 0 atom stereocenters. The highest BCUT2D eigenvalue weighted by atomic mass is 32.2. The monoisotopic (exact) mass is 455 g/mol. The lowest BCUT2D eigenvalue weighted by atomic mass is 10.2. The largest absolute Gasteiger partial charge is 0.481 e. The summed E-state index contributed by atoms with van der Waals surface area (Å²) in [5.41, 5.74) is 0.993. The van der Waals surface area contributed by atoms with Crippen LogP contribution in [0.4, 0.5) is 5.69 Å². The second-order valence-electron chi connectivity index (χ2n) is 7.17. The van der Waals surface area contributed by atoms with Crippen LogP contribution in [-0.4, -0.2) is 50.8 Å². The number of hydrogen-bond acceptors (Lipinski definition) is 5. The predicted octanol–water partition coefficient (Wildman–Crippen LogP) is 2.24. The lowest BCUT2D eigenvalue weighted by Gasteiger charge is -2.15. The molecule has 0 aromatic heterocycles. The molecule has 0 saturated carbocycles. The van der Waals surface area contributed by atoms with E-state index in [4.69, 9.17) is 4.74 Å². The fourth-order valence-electron chi connectivity index (χ4n) is 3.18. The first-order chi connectivity index (χ1) is 15.4. The summed E-state index contributed by atoms with van der Waals surface area (Å²) in [7, 11) is -3.50. The highest BCUT2D eigenvalue weighted by Gasteiger charge is 2.27. The summed E-state index contributed by atoms with van der Waals surface area (Å²) in [5.74, 6) is 5.66. The fraction of sp³-hybridized carbons (Fsp3) is 0.304. The summed E-state index contributed by atoms with van der Waals surface area (Å²) < 4.78 is 32.0. The molecule has 0 radical (unpaired) electrons. The van der Waals surface area contributed by atoms with Gasteiger partial charge in [0.2, 0.25) is 15.9 Å². The maximum atomic E-state index is 12.5. The Hall–Kier alpha value is -3.35. The SMILES string of the molecule is CC(=O)Nc1cccc(OCC#CCNC(=O)c2ccc(S(=O)(=O)N3CCCC3)cc2)c1. The van der Waals surface area contributed by atoms with Gasteiger partial charge in [0.25, 0.3) is 5.91 Å². The summed E-state index contributed by atoms with van der Waals surface area (Å²) in [6.45, 7) is 2.75. The van der Waals surface area contributed by atoms with Crippen LogP contribution in [-0.2, 0) is 14.8 Å². The van der Waals surface area contributed by atoms with Gasteiger partial charge in [-0.2, -0.15) is 4.31 Å². The van der Waals surface area contributed by atoms with Gasteiger partial charge in [-0.3, -0.25) is 9.59 Å². The molecule has 168 valence electrons. The number of ether oxygens (including phenoxy) is 1. The van der Waals surface area contributed by atoms with Crippen molar-refractivity contribution < 1.29 is 22.7 Å². The van der Waals surface area contributed by atoms with Crippen LogP contribution in [0.3, 0.4) is 0 Å². The van der Waals surface area contributed by atoms with Gasteiger partial charge >= 0.3 is 0 Å². The standard InChI is InChI=1S/C23H25N3O5S/c1-18(27)25-20-7-6-8-21(17-20)31-16-5-2-13-24-23(28)19-9-11-22(12-10-19)32(29,30)26-14-3-4-15-26/h6-12,17H,3-4,13-16H2,1H3,(H,24,28)(H,25,27). The molecule has 9 heteroatoms. The van der Waals surface area contributed by atoms with Gasteiger partial charge in [-0.25, -0.2) is 8.42 Å². The Bertz CT molecular complexity index is 1130. The van der Waals surface area contributed by atoms with Gasteiger partial charge in [-0.05, 0) is 49.2 Å². The van der Waals surface area contributed by atoms with Gasteiger partial charge in [0, 0.05) is 37.3 Å². The van der Waals surface area contributed by atoms with E-state index >= 15 is 0 Å². The van der Waals surface area contributed by atoms with Crippen LogP contribution in [0, 0.1) is 11.8 Å². The van der Waals surface area contributed by atoms with Crippen LogP contribution in [0.25, 0.3) is 0 Å². The van der Waals surface area contributed by atoms with E-state index in [1.807, 2.05) is 0 Å². The first-order valence-electron chi connectivity index (χ1n) is 10.2. The van der Waals surface area contributed by atoms with E-state index in [1.54, 1.807) is 24.3 Å². The minimum absolute atomic E-state index is 0.127. The van der Waals surface area contributed by atoms with Crippen LogP contribution in [0.15, 0.2) is 53.4 Å². The molecule has 32 heavy (non-hydrogen) atoms. The van der Waals surface area contributed by atoms with E-state index in [-0.39, 0.29) is 29.9 Å². The number of carbonyl (C=O) groups is 2. The third-order valence-electron chi connectivity index (χ3n) is 4.75. The molecule has 1 aliphatic heterocycles. The summed E-state index contributed by atoms with van der Waals surface area (Å²) in [6, 6.07) is 12.9. The molecule has 0 aliphatic carbocycles. The summed E-state index contributed by atoms with van der Waals surface area (Å²) in [4.78, 5) is 23.5. The van der Waals surface area contributed by atoms with Gasteiger partial charge in [0.15, 0.2) is 0 Å². The maximum Gasteiger partial charge on any atom is 0.252 e. The molecule has 2 aromatic rings. The molecule has 0 spiro atoms. The molecule has 2 N–H and O–H groups in total. The van der Waals surface area contributed by atoms with Crippen LogP contribution in [0.1, 0.15) is 30.1 Å². The lowest BCUT2D eigenvalue weighted by molar-refractivity contribution is -0.114. The fourth-order valence-corrected chi connectivity index (χ4v) is 4.70. The minimum atomic E-state index is -3.50. The Balaban J connectivity index is 1.45. The molecular formula is C23H25N3O5S. The van der Waals surface area contributed by atoms with Crippen molar-refractivity contribution >= 4 is 27.5 Å². The molecule has 1 aliphatic rings. The molecule has 0 unspecified atom stereocenters. The van der Waals surface area contributed by atoms with Gasteiger partial charge in [-0.1, -0.05) is 17.9 Å². The third kappa shape index (κ3) is 6.33. The normalized spacial score (nSPS) is 13.7. The van der Waals surface area contributed by atoms with Gasteiger partial charge in [0.05, 0.1) is 11.4 Å². The Morgan fingerprint density at radius 1 is 1.06 bits per heavy atom. The van der Waals surface area contributed by atoms with Crippen molar-refractivity contribution in [3.8, 4) is 17.6 Å². The average Bonchev–Trinajstić information content (AvgIpc) is 3.32. The molecule has 8 nitrogen and oxygen atoms in total. The average molecular weight is 456 g/mol. The van der Waals surface area contributed by atoms with Crippen molar-refractivity contribution in [3.05, 3.63) is 54.1 Å². The summed E-state index contributed by atoms with van der Waals surface area (Å²) in [6.07, 6.45) is 1.74. The number of anilines is 1. The minimum Gasteiger partial charge on any atom is -0.481 e. The highest BCUT2D eigenvalue weighted by molar-refractivity contribution is 7.89. The van der Waals surface area contributed by atoms with Crippen LogP contribution >= 0.6 is 0 Å². The van der Waals surface area contributed by atoms with E-state index in [2.05, 4.69) is 22.5 Å². The number of amides is 2. The van der Waals surface area contributed by atoms with E-state index in [9.17, 15) is 18.0 Å². The molecule has 2 aromatic carbocycles. The Kier molecular flexibility index (Phi) is 7.87. The van der Waals surface area contributed by atoms with E-state index in [0.29, 0.717) is 30.1 Å². The van der Waals surface area contributed by atoms with Crippen molar-refractivity contribution in [3.63, 3.8) is 0 Å². The Morgan fingerprint density at radius 2 is 1.78 bits per heavy atom. The van der Waals surface area contributed by atoms with Gasteiger partial charge in [-0.15, -0.1) is 0 Å². The number of carbonyl (C=O) groups excluding carboxylic acids is 2. The van der Waals surface area contributed by atoms with Gasteiger partial charge in [0.1, 0.15) is 12.4 Å². The second-order valence-corrected chi connectivity index (χ2v) is 9.11. The third-order valence-corrected chi connectivity index (χ3v) is 6.66. The molecule has 1 saturated heterocycles. The van der Waals surface area contributed by atoms with Crippen LogP contribution < -0.4 is 15.4 Å². The Labute approximate surface area is 188 Å². The van der Waals surface area contributed by atoms with Crippen molar-refractivity contribution in [2.45, 2.75) is 24.7 Å². The maximum absolute atomic E-state index is 12.5. The zero-order valence-electron chi connectivity index (χ0n) is 17.8. The zero-order valence-corrected chi connectivity index (χ0v) is 18.6. The quantitative estimate of drug-likeness (QED) is 0.623. The van der Waals surface area contributed by atoms with E-state index in [0.717, 1.165) is 12.8 Å². The van der Waals surface area contributed by atoms with E-state index < -0.39 is 10.0 Å². The molecule has 1 heterocycles. The smallest absolute Gasteiger partial charge is 0.252 e. The van der Waals surface area contributed by atoms with Crippen molar-refractivity contribution in [2.24, 2.45) is 0 Å². The molecular weight excluding hydrogens is 430 g/mol. The van der Waals surface area contributed by atoms with Crippen molar-refractivity contribution in [1.29, 1.82) is 0 Å². The molecule has 2 amide bonds. The van der Waals surface area contributed by atoms with Crippen LogP contribution in [0.2, 0.25) is 0 Å². The molecule has 3 rings (SSSR count). The number of hydrogen-bond donors (Lipinski definition) is 2. The first kappa shape index (κ1) is 23.3. The molecule has 0 bridgehead atoms. The topological polar surface area (TPSA) is 105 Å². The summed E-state index contributed by atoms with van der Waals surface area (Å²) >= 11 is 0. The van der Waals surface area contributed by atoms with Crippen molar-refractivity contribution in [2.75, 3.05) is 31.6 Å². The second kappa shape index (κ2) is 10.8. The summed E-state index contributed by atoms with van der Waals surface area (Å²) in [5, 5.41) is 5.34. The predicted molar refractivity (Wildman–Crippen MR) is 121 cm³/mol. The van der Waals surface area contributed by atoms with Gasteiger partial charge < -0.3 is 15.4 Å². The zero-order chi connectivity index (χ0) is 23.0. The number of nitrogens with one attached hydrogen (secondary N) is 2. The van der Waals surface area contributed by atoms with Crippen molar-refractivity contribution in [1.82, 2.24) is 9.62 Å². The molecule has 1 fully saturated rings. The number of rotatable bonds is 7.